The Bertz CT molecular complexity index is 1090. The molecule has 0 saturated heterocycles. The van der Waals surface area contributed by atoms with Crippen molar-refractivity contribution in [1.29, 1.82) is 0 Å². The van der Waals surface area contributed by atoms with Crippen LogP contribution in [0, 0.1) is 5.41 Å². The van der Waals surface area contributed by atoms with Gasteiger partial charge in [-0.1, -0.05) is 60.7 Å². The van der Waals surface area contributed by atoms with Crippen molar-refractivity contribution in [3.05, 3.63) is 90.0 Å². The SMILES string of the molecule is CCN1C(=O)C(C)(C)COc2cc(NC(=O)CC(c3ccccc3)c3ccccc3)ccc21. The maximum absolute atomic E-state index is 13.1. The Morgan fingerprint density at radius 1 is 1.00 bits per heavy atom. The number of rotatable bonds is 6. The van der Waals surface area contributed by atoms with Crippen molar-refractivity contribution in [2.24, 2.45) is 5.41 Å². The third kappa shape index (κ3) is 4.92. The number of hydrogen-bond donors (Lipinski definition) is 1. The molecule has 3 aromatic rings. The third-order valence-corrected chi connectivity index (χ3v) is 6.06. The molecule has 1 aliphatic rings. The van der Waals surface area contributed by atoms with Crippen LogP contribution in [0.2, 0.25) is 0 Å². The molecule has 3 aromatic carbocycles. The van der Waals surface area contributed by atoms with E-state index in [0.717, 1.165) is 16.8 Å². The highest BCUT2D eigenvalue weighted by atomic mass is 16.5. The fraction of sp³-hybridized carbons (Fsp3) is 0.286. The normalized spacial score (nSPS) is 14.9. The number of hydrogen-bond acceptors (Lipinski definition) is 3. The van der Waals surface area contributed by atoms with Gasteiger partial charge in [0.1, 0.15) is 12.4 Å². The molecule has 0 bridgehead atoms. The van der Waals surface area contributed by atoms with Crippen LogP contribution in [0.5, 0.6) is 5.75 Å². The van der Waals surface area contributed by atoms with Gasteiger partial charge in [-0.05, 0) is 44.0 Å². The first-order chi connectivity index (χ1) is 15.9. The molecule has 2 amide bonds. The Balaban J connectivity index is 1.55. The van der Waals surface area contributed by atoms with Crippen molar-refractivity contribution in [2.75, 3.05) is 23.4 Å². The second-order valence-corrected chi connectivity index (χ2v) is 9.03. The Hall–Kier alpha value is -3.60. The van der Waals surface area contributed by atoms with Crippen LogP contribution in [-0.4, -0.2) is 25.0 Å². The first-order valence-electron chi connectivity index (χ1n) is 11.4. The van der Waals surface area contributed by atoms with Crippen LogP contribution in [0.15, 0.2) is 78.9 Å². The highest BCUT2D eigenvalue weighted by Crippen LogP contribution is 2.38. The summed E-state index contributed by atoms with van der Waals surface area (Å²) in [4.78, 5) is 27.7. The summed E-state index contributed by atoms with van der Waals surface area (Å²) in [7, 11) is 0. The second-order valence-electron chi connectivity index (χ2n) is 9.03. The smallest absolute Gasteiger partial charge is 0.236 e. The molecule has 0 fully saturated rings. The molecule has 1 aliphatic heterocycles. The molecule has 0 aromatic heterocycles. The average molecular weight is 443 g/mol. The lowest BCUT2D eigenvalue weighted by Gasteiger charge is -2.26. The highest BCUT2D eigenvalue weighted by Gasteiger charge is 2.37. The number of ether oxygens (including phenoxy) is 1. The van der Waals surface area contributed by atoms with E-state index in [1.54, 1.807) is 4.90 Å². The lowest BCUT2D eigenvalue weighted by Crippen LogP contribution is -2.42. The molecule has 170 valence electrons. The van der Waals surface area contributed by atoms with Gasteiger partial charge in [0.15, 0.2) is 0 Å². The summed E-state index contributed by atoms with van der Waals surface area (Å²) in [6, 6.07) is 25.6. The summed E-state index contributed by atoms with van der Waals surface area (Å²) in [5.41, 5.74) is 2.98. The van der Waals surface area contributed by atoms with Gasteiger partial charge < -0.3 is 15.0 Å². The summed E-state index contributed by atoms with van der Waals surface area (Å²) < 4.78 is 5.99. The zero-order valence-corrected chi connectivity index (χ0v) is 19.4. The fourth-order valence-corrected chi connectivity index (χ4v) is 4.24. The van der Waals surface area contributed by atoms with E-state index in [4.69, 9.17) is 4.74 Å². The topological polar surface area (TPSA) is 58.6 Å². The minimum Gasteiger partial charge on any atom is -0.490 e. The first-order valence-corrected chi connectivity index (χ1v) is 11.4. The van der Waals surface area contributed by atoms with Crippen molar-refractivity contribution >= 4 is 23.2 Å². The number of anilines is 2. The Labute approximate surface area is 195 Å². The van der Waals surface area contributed by atoms with E-state index in [2.05, 4.69) is 29.6 Å². The van der Waals surface area contributed by atoms with Crippen LogP contribution >= 0.6 is 0 Å². The average Bonchev–Trinajstić information content (AvgIpc) is 2.92. The zero-order valence-electron chi connectivity index (χ0n) is 19.4. The van der Waals surface area contributed by atoms with E-state index in [0.29, 0.717) is 24.4 Å². The van der Waals surface area contributed by atoms with Crippen molar-refractivity contribution < 1.29 is 14.3 Å². The molecule has 0 saturated carbocycles. The maximum Gasteiger partial charge on any atom is 0.236 e. The van der Waals surface area contributed by atoms with Gasteiger partial charge in [-0.3, -0.25) is 9.59 Å². The van der Waals surface area contributed by atoms with Crippen molar-refractivity contribution in [1.82, 2.24) is 0 Å². The molecule has 5 nitrogen and oxygen atoms in total. The van der Waals surface area contributed by atoms with E-state index in [1.165, 1.54) is 0 Å². The van der Waals surface area contributed by atoms with Gasteiger partial charge in [-0.2, -0.15) is 0 Å². The second kappa shape index (κ2) is 9.49. The van der Waals surface area contributed by atoms with E-state index in [1.807, 2.05) is 75.4 Å². The molecule has 1 heterocycles. The van der Waals surface area contributed by atoms with Crippen LogP contribution in [0.4, 0.5) is 11.4 Å². The Morgan fingerprint density at radius 3 is 2.18 bits per heavy atom. The van der Waals surface area contributed by atoms with Crippen LogP contribution in [-0.2, 0) is 9.59 Å². The number of amides is 2. The number of carbonyl (C=O) groups excluding carboxylic acids is 2. The Kier molecular flexibility index (Phi) is 6.50. The number of nitrogens with one attached hydrogen (secondary N) is 1. The van der Waals surface area contributed by atoms with E-state index < -0.39 is 5.41 Å². The largest absolute Gasteiger partial charge is 0.490 e. The van der Waals surface area contributed by atoms with Gasteiger partial charge in [0.25, 0.3) is 0 Å². The van der Waals surface area contributed by atoms with Crippen LogP contribution in [0.3, 0.4) is 0 Å². The van der Waals surface area contributed by atoms with Gasteiger partial charge in [0.05, 0.1) is 11.1 Å². The van der Waals surface area contributed by atoms with Gasteiger partial charge in [0, 0.05) is 30.6 Å². The minimum atomic E-state index is -0.614. The monoisotopic (exact) mass is 442 g/mol. The number of benzene rings is 3. The molecule has 0 aliphatic carbocycles. The quantitative estimate of drug-likeness (QED) is 0.539. The number of nitrogens with zero attached hydrogens (tertiary/aromatic N) is 1. The lowest BCUT2D eigenvalue weighted by atomic mass is 9.88. The van der Waals surface area contributed by atoms with Gasteiger partial charge in [-0.15, -0.1) is 0 Å². The van der Waals surface area contributed by atoms with Crippen molar-refractivity contribution in [3.8, 4) is 5.75 Å². The fourth-order valence-electron chi connectivity index (χ4n) is 4.24. The predicted octanol–water partition coefficient (Wildman–Crippen LogP) is 5.62. The molecule has 0 radical (unpaired) electrons. The standard InChI is InChI=1S/C28H30N2O3/c1-4-30-24-16-15-22(17-25(24)33-19-28(2,3)27(30)32)29-26(31)18-23(20-11-7-5-8-12-20)21-13-9-6-10-14-21/h5-17,23H,4,18-19H2,1-3H3,(H,29,31). The molecular weight excluding hydrogens is 412 g/mol. The van der Waals surface area contributed by atoms with Crippen LogP contribution in [0.1, 0.15) is 44.2 Å². The molecule has 5 heteroatoms. The van der Waals surface area contributed by atoms with Crippen molar-refractivity contribution in [2.45, 2.75) is 33.1 Å². The summed E-state index contributed by atoms with van der Waals surface area (Å²) in [6.45, 7) is 6.57. The molecule has 0 unspecified atom stereocenters. The summed E-state index contributed by atoms with van der Waals surface area (Å²) in [5, 5.41) is 3.02. The van der Waals surface area contributed by atoms with Crippen LogP contribution in [0.25, 0.3) is 0 Å². The highest BCUT2D eigenvalue weighted by molar-refractivity contribution is 6.00. The first kappa shape index (κ1) is 22.6. The Morgan fingerprint density at radius 2 is 1.61 bits per heavy atom. The van der Waals surface area contributed by atoms with Gasteiger partial charge >= 0.3 is 0 Å². The molecule has 0 atom stereocenters. The maximum atomic E-state index is 13.1. The zero-order chi connectivity index (χ0) is 23.4. The minimum absolute atomic E-state index is 0.0362. The lowest BCUT2D eigenvalue weighted by molar-refractivity contribution is -0.127. The number of carbonyl (C=O) groups is 2. The molecular formula is C28H30N2O3. The summed E-state index contributed by atoms with van der Waals surface area (Å²) in [5.74, 6) is 0.522. The molecule has 0 spiro atoms. The molecule has 33 heavy (non-hydrogen) atoms. The van der Waals surface area contributed by atoms with Crippen molar-refractivity contribution in [3.63, 3.8) is 0 Å². The van der Waals surface area contributed by atoms with E-state index in [-0.39, 0.29) is 24.3 Å². The summed E-state index contributed by atoms with van der Waals surface area (Å²) in [6.07, 6.45) is 0.318. The predicted molar refractivity (Wildman–Crippen MR) is 132 cm³/mol. The van der Waals surface area contributed by atoms with Crippen LogP contribution < -0.4 is 15.0 Å². The van der Waals surface area contributed by atoms with Gasteiger partial charge in [0.2, 0.25) is 11.8 Å². The third-order valence-electron chi connectivity index (χ3n) is 6.06. The summed E-state index contributed by atoms with van der Waals surface area (Å²) >= 11 is 0. The molecule has 1 N–H and O–H groups in total. The van der Waals surface area contributed by atoms with Gasteiger partial charge in [-0.25, -0.2) is 0 Å². The van der Waals surface area contributed by atoms with E-state index >= 15 is 0 Å². The van der Waals surface area contributed by atoms with E-state index in [9.17, 15) is 9.59 Å². The molecule has 4 rings (SSSR count). The number of fused-ring (bicyclic) bond motifs is 1.